The number of amides is 1. The SMILES string of the molecule is CCOCc1cc(C(=O)N[C@H](C)c2ccc(F)cc2)ccc1OC. The number of nitrogens with one attached hydrogen (secondary N) is 1. The Labute approximate surface area is 141 Å². The smallest absolute Gasteiger partial charge is 0.251 e. The van der Waals surface area contributed by atoms with Crippen LogP contribution in [0.3, 0.4) is 0 Å². The van der Waals surface area contributed by atoms with E-state index in [1.807, 2.05) is 13.8 Å². The maximum atomic E-state index is 13.0. The van der Waals surface area contributed by atoms with E-state index in [-0.39, 0.29) is 17.8 Å². The highest BCUT2D eigenvalue weighted by Crippen LogP contribution is 2.21. The van der Waals surface area contributed by atoms with Gasteiger partial charge in [-0.15, -0.1) is 0 Å². The van der Waals surface area contributed by atoms with Gasteiger partial charge in [-0.3, -0.25) is 4.79 Å². The van der Waals surface area contributed by atoms with Crippen molar-refractivity contribution in [2.45, 2.75) is 26.5 Å². The Kier molecular flexibility index (Phi) is 6.32. The molecule has 1 N–H and O–H groups in total. The zero-order valence-electron chi connectivity index (χ0n) is 14.1. The summed E-state index contributed by atoms with van der Waals surface area (Å²) < 4.78 is 23.7. The minimum atomic E-state index is -0.298. The molecular formula is C19H22FNO3. The molecule has 0 aliphatic rings. The molecule has 0 saturated heterocycles. The zero-order valence-corrected chi connectivity index (χ0v) is 14.1. The third-order valence-corrected chi connectivity index (χ3v) is 3.72. The van der Waals surface area contributed by atoms with Crippen molar-refractivity contribution < 1.29 is 18.7 Å². The Morgan fingerprint density at radius 3 is 2.54 bits per heavy atom. The monoisotopic (exact) mass is 331 g/mol. The Hall–Kier alpha value is -2.40. The third-order valence-electron chi connectivity index (χ3n) is 3.72. The molecule has 0 saturated carbocycles. The summed E-state index contributed by atoms with van der Waals surface area (Å²) in [4.78, 5) is 12.5. The lowest BCUT2D eigenvalue weighted by molar-refractivity contribution is 0.0939. The minimum absolute atomic E-state index is 0.202. The van der Waals surface area contributed by atoms with Crippen LogP contribution in [0.4, 0.5) is 4.39 Å². The van der Waals surface area contributed by atoms with Crippen LogP contribution < -0.4 is 10.1 Å². The second kappa shape index (κ2) is 8.45. The lowest BCUT2D eigenvalue weighted by Crippen LogP contribution is -2.26. The first-order valence-corrected chi connectivity index (χ1v) is 7.86. The van der Waals surface area contributed by atoms with E-state index in [1.165, 1.54) is 12.1 Å². The molecule has 5 heteroatoms. The predicted molar refractivity (Wildman–Crippen MR) is 90.6 cm³/mol. The van der Waals surface area contributed by atoms with Crippen molar-refractivity contribution in [1.29, 1.82) is 0 Å². The van der Waals surface area contributed by atoms with Gasteiger partial charge in [-0.2, -0.15) is 0 Å². The normalized spacial score (nSPS) is 11.8. The molecular weight excluding hydrogens is 309 g/mol. The van der Waals surface area contributed by atoms with Gasteiger partial charge in [0, 0.05) is 17.7 Å². The van der Waals surface area contributed by atoms with E-state index >= 15 is 0 Å². The Morgan fingerprint density at radius 1 is 1.21 bits per heavy atom. The van der Waals surface area contributed by atoms with E-state index < -0.39 is 0 Å². The van der Waals surface area contributed by atoms with Crippen LogP contribution in [0.15, 0.2) is 42.5 Å². The second-order valence-electron chi connectivity index (χ2n) is 5.41. The zero-order chi connectivity index (χ0) is 17.5. The quantitative estimate of drug-likeness (QED) is 0.838. The first-order valence-electron chi connectivity index (χ1n) is 7.86. The van der Waals surface area contributed by atoms with Crippen LogP contribution in [0.1, 0.15) is 41.4 Å². The van der Waals surface area contributed by atoms with Crippen molar-refractivity contribution in [3.63, 3.8) is 0 Å². The number of hydrogen-bond acceptors (Lipinski definition) is 3. The predicted octanol–water partition coefficient (Wildman–Crippen LogP) is 3.86. The van der Waals surface area contributed by atoms with Crippen molar-refractivity contribution in [2.75, 3.05) is 13.7 Å². The van der Waals surface area contributed by atoms with Gasteiger partial charge in [0.2, 0.25) is 0 Å². The van der Waals surface area contributed by atoms with Gasteiger partial charge in [-0.05, 0) is 49.7 Å². The summed E-state index contributed by atoms with van der Waals surface area (Å²) in [6, 6.07) is 11.1. The second-order valence-corrected chi connectivity index (χ2v) is 5.41. The number of ether oxygens (including phenoxy) is 2. The van der Waals surface area contributed by atoms with Crippen LogP contribution in [0.25, 0.3) is 0 Å². The fraction of sp³-hybridized carbons (Fsp3) is 0.316. The summed E-state index contributed by atoms with van der Waals surface area (Å²) in [5.74, 6) is 0.187. The summed E-state index contributed by atoms with van der Waals surface area (Å²) in [5.41, 5.74) is 2.19. The largest absolute Gasteiger partial charge is 0.496 e. The van der Waals surface area contributed by atoms with E-state index in [9.17, 15) is 9.18 Å². The van der Waals surface area contributed by atoms with Crippen molar-refractivity contribution in [3.8, 4) is 5.75 Å². The fourth-order valence-corrected chi connectivity index (χ4v) is 2.36. The van der Waals surface area contributed by atoms with Gasteiger partial charge in [0.15, 0.2) is 0 Å². The first kappa shape index (κ1) is 17.9. The summed E-state index contributed by atoms with van der Waals surface area (Å²) in [6.45, 7) is 4.73. The van der Waals surface area contributed by atoms with E-state index in [2.05, 4.69) is 5.32 Å². The molecule has 0 unspecified atom stereocenters. The molecule has 0 aliphatic heterocycles. The molecule has 0 radical (unpaired) electrons. The maximum absolute atomic E-state index is 13.0. The number of rotatable bonds is 7. The molecule has 0 fully saturated rings. The molecule has 24 heavy (non-hydrogen) atoms. The summed E-state index contributed by atoms with van der Waals surface area (Å²) >= 11 is 0. The molecule has 4 nitrogen and oxygen atoms in total. The molecule has 128 valence electrons. The molecule has 2 rings (SSSR count). The summed E-state index contributed by atoms with van der Waals surface area (Å²) in [6.07, 6.45) is 0. The standard InChI is InChI=1S/C19H22FNO3/c1-4-24-12-16-11-15(7-10-18(16)23-3)19(22)21-13(2)14-5-8-17(20)9-6-14/h5-11,13H,4,12H2,1-3H3,(H,21,22)/t13-/m1/s1. The number of carbonyl (C=O) groups is 1. The number of carbonyl (C=O) groups excluding carboxylic acids is 1. The van der Waals surface area contributed by atoms with E-state index in [4.69, 9.17) is 9.47 Å². The van der Waals surface area contributed by atoms with E-state index in [0.717, 1.165) is 11.1 Å². The van der Waals surface area contributed by atoms with Crippen LogP contribution >= 0.6 is 0 Å². The van der Waals surface area contributed by atoms with Crippen LogP contribution in [0.2, 0.25) is 0 Å². The van der Waals surface area contributed by atoms with E-state index in [1.54, 1.807) is 37.4 Å². The van der Waals surface area contributed by atoms with Gasteiger partial charge in [0.25, 0.3) is 5.91 Å². The average Bonchev–Trinajstić information content (AvgIpc) is 2.60. The van der Waals surface area contributed by atoms with Crippen molar-refractivity contribution in [2.24, 2.45) is 0 Å². The highest BCUT2D eigenvalue weighted by molar-refractivity contribution is 5.94. The number of benzene rings is 2. The fourth-order valence-electron chi connectivity index (χ4n) is 2.36. The lowest BCUT2D eigenvalue weighted by Gasteiger charge is -2.16. The minimum Gasteiger partial charge on any atom is -0.496 e. The Balaban J connectivity index is 2.12. The average molecular weight is 331 g/mol. The highest BCUT2D eigenvalue weighted by Gasteiger charge is 2.14. The van der Waals surface area contributed by atoms with Gasteiger partial charge in [0.05, 0.1) is 19.8 Å². The van der Waals surface area contributed by atoms with Gasteiger partial charge in [-0.1, -0.05) is 12.1 Å². The van der Waals surface area contributed by atoms with Gasteiger partial charge >= 0.3 is 0 Å². The van der Waals surface area contributed by atoms with Crippen LogP contribution in [0.5, 0.6) is 5.75 Å². The van der Waals surface area contributed by atoms with Crippen LogP contribution in [-0.2, 0) is 11.3 Å². The Bertz CT molecular complexity index is 686. The summed E-state index contributed by atoms with van der Waals surface area (Å²) in [7, 11) is 1.58. The Morgan fingerprint density at radius 2 is 1.92 bits per heavy atom. The van der Waals surface area contributed by atoms with Gasteiger partial charge in [-0.25, -0.2) is 4.39 Å². The highest BCUT2D eigenvalue weighted by atomic mass is 19.1. The number of methoxy groups -OCH3 is 1. The maximum Gasteiger partial charge on any atom is 0.251 e. The number of halogens is 1. The van der Waals surface area contributed by atoms with Crippen molar-refractivity contribution >= 4 is 5.91 Å². The third kappa shape index (κ3) is 4.55. The molecule has 0 bridgehead atoms. The van der Waals surface area contributed by atoms with Crippen molar-refractivity contribution in [1.82, 2.24) is 5.32 Å². The molecule has 2 aromatic carbocycles. The molecule has 1 atom stereocenters. The lowest BCUT2D eigenvalue weighted by atomic mass is 10.1. The van der Waals surface area contributed by atoms with Gasteiger partial charge in [0.1, 0.15) is 11.6 Å². The molecule has 1 amide bonds. The topological polar surface area (TPSA) is 47.6 Å². The molecule has 0 heterocycles. The first-order chi connectivity index (χ1) is 11.5. The molecule has 2 aromatic rings. The molecule has 0 spiro atoms. The van der Waals surface area contributed by atoms with Crippen LogP contribution in [-0.4, -0.2) is 19.6 Å². The van der Waals surface area contributed by atoms with Gasteiger partial charge < -0.3 is 14.8 Å². The summed E-state index contributed by atoms with van der Waals surface area (Å²) in [5, 5.41) is 2.91. The molecule has 0 aliphatic carbocycles. The van der Waals surface area contributed by atoms with Crippen molar-refractivity contribution in [3.05, 3.63) is 65.0 Å². The number of hydrogen-bond donors (Lipinski definition) is 1. The van der Waals surface area contributed by atoms with E-state index in [0.29, 0.717) is 24.5 Å². The van der Waals surface area contributed by atoms with Crippen LogP contribution in [0, 0.1) is 5.82 Å². The molecule has 0 aromatic heterocycles.